The molecule has 368 valence electrons. The van der Waals surface area contributed by atoms with E-state index in [1.54, 1.807) is 60.7 Å². The maximum absolute atomic E-state index is 12.9. The molecule has 0 fully saturated rings. The summed E-state index contributed by atoms with van der Waals surface area (Å²) in [6, 6.07) is 60.2. The molecule has 13 nitrogen and oxygen atoms in total. The summed E-state index contributed by atoms with van der Waals surface area (Å²) in [5, 5.41) is 17.6. The average Bonchev–Trinajstić information content (AvgIpc) is 3.43. The van der Waals surface area contributed by atoms with E-state index in [0.29, 0.717) is 55.4 Å². The smallest absolute Gasteiger partial charge is 0.354 e. The average molecular weight is 986 g/mol. The molecule has 0 radical (unpaired) electrons. The van der Waals surface area contributed by atoms with Crippen molar-refractivity contribution in [1.82, 2.24) is 25.9 Å². The van der Waals surface area contributed by atoms with Crippen LogP contribution in [0, 0.1) is 0 Å². The second kappa shape index (κ2) is 28.7. The lowest BCUT2D eigenvalue weighted by Gasteiger charge is -2.11. The molecule has 8 aromatic rings. The van der Waals surface area contributed by atoms with Crippen LogP contribution in [0.2, 0.25) is 0 Å². The summed E-state index contributed by atoms with van der Waals surface area (Å²) in [5.41, 5.74) is 13.8. The number of hydrogen-bond acceptors (Lipinski definition) is 9. The topological polar surface area (TPSA) is 195 Å². The Morgan fingerprint density at radius 2 is 0.792 bits per heavy atom. The SMILES string of the molecule is CCOc1ccc(C(=O)NCCN)cc1.CCOc1ccc(C(=O)NCCNC(=O)c2cc(-c3ccccc3)cc(-c3ccccc3)n2)cc1.Cl.O=C(O)c1cc(-c2ccccc2)cc(-c2ccccc2)n1. The number of halogens is 1. The highest BCUT2D eigenvalue weighted by Gasteiger charge is 2.14. The van der Waals surface area contributed by atoms with Gasteiger partial charge in [-0.15, -0.1) is 12.4 Å². The Morgan fingerprint density at radius 1 is 0.444 bits per heavy atom. The fourth-order valence-corrected chi connectivity index (χ4v) is 6.97. The Balaban J connectivity index is 0.000000221. The first-order chi connectivity index (χ1) is 34.6. The van der Waals surface area contributed by atoms with Crippen molar-refractivity contribution in [3.05, 3.63) is 217 Å². The van der Waals surface area contributed by atoms with E-state index in [-0.39, 0.29) is 42.4 Å². The molecular formula is C58H57ClN6O7. The summed E-state index contributed by atoms with van der Waals surface area (Å²) < 4.78 is 10.7. The second-order valence-corrected chi connectivity index (χ2v) is 15.5. The van der Waals surface area contributed by atoms with E-state index < -0.39 is 5.97 Å². The van der Waals surface area contributed by atoms with Crippen LogP contribution < -0.4 is 31.2 Å². The normalized spacial score (nSPS) is 10.1. The summed E-state index contributed by atoms with van der Waals surface area (Å²) in [6.45, 7) is 6.53. The zero-order chi connectivity index (χ0) is 50.2. The lowest BCUT2D eigenvalue weighted by atomic mass is 10.0. The minimum Gasteiger partial charge on any atom is -0.494 e. The number of rotatable bonds is 17. The lowest BCUT2D eigenvalue weighted by Crippen LogP contribution is -2.35. The van der Waals surface area contributed by atoms with Crippen molar-refractivity contribution in [2.24, 2.45) is 5.73 Å². The maximum atomic E-state index is 12.9. The molecule has 0 atom stereocenters. The van der Waals surface area contributed by atoms with E-state index in [0.717, 1.165) is 50.6 Å². The van der Waals surface area contributed by atoms with Gasteiger partial charge in [-0.3, -0.25) is 14.4 Å². The van der Waals surface area contributed by atoms with Gasteiger partial charge in [0.05, 0.1) is 24.6 Å². The van der Waals surface area contributed by atoms with E-state index in [9.17, 15) is 24.3 Å². The molecule has 0 aliphatic rings. The largest absolute Gasteiger partial charge is 0.494 e. The summed E-state index contributed by atoms with van der Waals surface area (Å²) >= 11 is 0. The molecule has 0 saturated carbocycles. The summed E-state index contributed by atoms with van der Waals surface area (Å²) in [5.74, 6) is -0.147. The number of pyridine rings is 2. The number of carboxylic acid groups (broad SMARTS) is 1. The Labute approximate surface area is 425 Å². The maximum Gasteiger partial charge on any atom is 0.354 e. The van der Waals surface area contributed by atoms with E-state index in [4.69, 9.17) is 15.2 Å². The molecular weight excluding hydrogens is 928 g/mol. The third kappa shape index (κ3) is 16.5. The summed E-state index contributed by atoms with van der Waals surface area (Å²) in [6.07, 6.45) is 0. The number of aromatic nitrogens is 2. The molecule has 0 saturated heterocycles. The molecule has 0 spiro atoms. The molecule has 3 amide bonds. The van der Waals surface area contributed by atoms with Crippen LogP contribution in [-0.4, -0.2) is 78.2 Å². The molecule has 0 bridgehead atoms. The van der Waals surface area contributed by atoms with Gasteiger partial charge in [0, 0.05) is 48.4 Å². The van der Waals surface area contributed by atoms with Gasteiger partial charge in [-0.1, -0.05) is 121 Å². The first-order valence-electron chi connectivity index (χ1n) is 23.1. The number of benzene rings is 6. The molecule has 2 aromatic heterocycles. The van der Waals surface area contributed by atoms with Gasteiger partial charge in [-0.2, -0.15) is 0 Å². The van der Waals surface area contributed by atoms with E-state index in [1.807, 2.05) is 147 Å². The van der Waals surface area contributed by atoms with Crippen molar-refractivity contribution >= 4 is 36.1 Å². The van der Waals surface area contributed by atoms with Crippen molar-refractivity contribution in [2.75, 3.05) is 39.4 Å². The quantitative estimate of drug-likeness (QED) is 0.0548. The van der Waals surface area contributed by atoms with Gasteiger partial charge in [0.15, 0.2) is 0 Å². The van der Waals surface area contributed by atoms with Gasteiger partial charge < -0.3 is 36.3 Å². The third-order valence-electron chi connectivity index (χ3n) is 10.4. The van der Waals surface area contributed by atoms with Gasteiger partial charge in [0.1, 0.15) is 22.9 Å². The molecule has 0 aliphatic carbocycles. The van der Waals surface area contributed by atoms with E-state index in [2.05, 4.69) is 25.9 Å². The van der Waals surface area contributed by atoms with E-state index in [1.165, 1.54) is 0 Å². The number of ether oxygens (including phenoxy) is 2. The second-order valence-electron chi connectivity index (χ2n) is 15.5. The number of carbonyl (C=O) groups is 4. The highest BCUT2D eigenvalue weighted by molar-refractivity contribution is 5.96. The number of aromatic carboxylic acids is 1. The molecule has 0 aliphatic heterocycles. The Kier molecular flexibility index (Phi) is 21.7. The number of nitrogens with two attached hydrogens (primary N) is 1. The van der Waals surface area contributed by atoms with Crippen LogP contribution in [0.1, 0.15) is 55.5 Å². The Morgan fingerprint density at radius 3 is 1.17 bits per heavy atom. The van der Waals surface area contributed by atoms with Crippen molar-refractivity contribution in [3.8, 4) is 56.3 Å². The van der Waals surface area contributed by atoms with Crippen molar-refractivity contribution in [2.45, 2.75) is 13.8 Å². The molecule has 14 heteroatoms. The van der Waals surface area contributed by atoms with Gasteiger partial charge in [-0.05, 0) is 109 Å². The van der Waals surface area contributed by atoms with Gasteiger partial charge >= 0.3 is 5.97 Å². The number of amides is 3. The van der Waals surface area contributed by atoms with Crippen molar-refractivity contribution < 1.29 is 33.8 Å². The van der Waals surface area contributed by atoms with Gasteiger partial charge in [0.2, 0.25) is 0 Å². The number of nitrogens with zero attached hydrogens (tertiary/aromatic N) is 2. The van der Waals surface area contributed by atoms with Crippen molar-refractivity contribution in [3.63, 3.8) is 0 Å². The zero-order valence-corrected chi connectivity index (χ0v) is 40.8. The first-order valence-corrected chi connectivity index (χ1v) is 23.1. The molecule has 0 unspecified atom stereocenters. The van der Waals surface area contributed by atoms with Crippen LogP contribution in [0.25, 0.3) is 44.8 Å². The summed E-state index contributed by atoms with van der Waals surface area (Å²) in [4.78, 5) is 56.9. The van der Waals surface area contributed by atoms with Crippen molar-refractivity contribution in [1.29, 1.82) is 0 Å². The van der Waals surface area contributed by atoms with Gasteiger partial charge in [-0.25, -0.2) is 14.8 Å². The highest BCUT2D eigenvalue weighted by Crippen LogP contribution is 2.28. The number of carbonyl (C=O) groups excluding carboxylic acids is 3. The monoisotopic (exact) mass is 984 g/mol. The number of nitrogens with one attached hydrogen (secondary N) is 3. The minimum absolute atomic E-state index is 0. The van der Waals surface area contributed by atoms with Crippen LogP contribution in [0.5, 0.6) is 11.5 Å². The molecule has 2 heterocycles. The van der Waals surface area contributed by atoms with Gasteiger partial charge in [0.25, 0.3) is 17.7 Å². The molecule has 8 rings (SSSR count). The lowest BCUT2D eigenvalue weighted by molar-refractivity contribution is 0.0689. The zero-order valence-electron chi connectivity index (χ0n) is 40.0. The molecule has 6 N–H and O–H groups in total. The summed E-state index contributed by atoms with van der Waals surface area (Å²) in [7, 11) is 0. The Hall–Kier alpha value is -8.65. The molecule has 72 heavy (non-hydrogen) atoms. The number of hydrogen-bond donors (Lipinski definition) is 5. The first kappa shape index (κ1) is 54.3. The predicted octanol–water partition coefficient (Wildman–Crippen LogP) is 10.3. The number of carboxylic acids is 1. The predicted molar refractivity (Wildman–Crippen MR) is 286 cm³/mol. The van der Waals surface area contributed by atoms with Crippen LogP contribution in [0.15, 0.2) is 194 Å². The van der Waals surface area contributed by atoms with Crippen LogP contribution >= 0.6 is 12.4 Å². The van der Waals surface area contributed by atoms with E-state index >= 15 is 0 Å². The van der Waals surface area contributed by atoms with Crippen LogP contribution in [0.4, 0.5) is 0 Å². The van der Waals surface area contributed by atoms with Crippen LogP contribution in [0.3, 0.4) is 0 Å². The fourth-order valence-electron chi connectivity index (χ4n) is 6.97. The fraction of sp³-hybridized carbons (Fsp3) is 0.138. The highest BCUT2D eigenvalue weighted by atomic mass is 35.5. The van der Waals surface area contributed by atoms with Crippen LogP contribution in [-0.2, 0) is 0 Å². The minimum atomic E-state index is -1.02. The standard InChI is InChI=1S/C29H27N3O3.C18H13NO2.C11H16N2O2.ClH/c1-2-35-25-15-13-23(14-16-25)28(33)30-17-18-31-29(34)27-20-24(21-9-5-3-6-10-21)19-26(32-27)22-11-7-4-8-12-22;20-18(21)17-12-15(13-7-3-1-4-8-13)11-16(19-17)14-9-5-2-6-10-14;1-2-15-10-5-3-9(4-6-10)11(14)13-8-7-12;/h3-16,19-20H,2,17-18H2,1H3,(H,30,33)(H,31,34);1-12H,(H,20,21);3-6H,2,7-8,12H2,1H3,(H,13,14);1H. The third-order valence-corrected chi connectivity index (χ3v) is 10.4. The molecule has 6 aromatic carbocycles. The Bertz CT molecular complexity index is 2830.